The fourth-order valence-corrected chi connectivity index (χ4v) is 16.5. The molecule has 0 amide bonds. The van der Waals surface area contributed by atoms with E-state index in [4.69, 9.17) is 37.9 Å². The van der Waals surface area contributed by atoms with Crippen molar-refractivity contribution in [3.05, 3.63) is 93.0 Å². The number of aliphatic carboxylic acids is 1. The Bertz CT molecular complexity index is 3620. The first-order valence-corrected chi connectivity index (χ1v) is 51.1. The molecule has 1 N–H and O–H groups in total. The standard InChI is InChI=1S/C111H172O18S/c1-28-31-34-37-40-45-50-55-60-75-79-67-81(89(124-98(116)106(10,11)12)71-87(79)122-96(114)104(4,5)6)76(61-56-51-46-41-38-35-32-29-2)83-69-85(93(128-102(120)110(22,23)24)73-91(83)126-100(118)108(16,17)18)78(63-58-53-48-43-44-49-54-59-65-130-66-64-95(112)113)86-70-84(92(127-101(119)109(19,20)21)74-94(86)129-103(121)111(25,26)27)77(62-57-52-47-42-39-36-33-30-3)82-68-80(75)88(123-97(115)105(7,8)9)72-90(82)125-99(117)107(13,14)15/h67-78H,28-66H2,1-27H3,(H,112,113). The fraction of sp³-hybridized carbons (Fsp3) is 0.703. The summed E-state index contributed by atoms with van der Waals surface area (Å²) in [6.45, 7) is 49.2. The molecule has 0 fully saturated rings. The van der Waals surface area contributed by atoms with Crippen molar-refractivity contribution in [3.63, 3.8) is 0 Å². The monoisotopic (exact) mass is 1830 g/mol. The maximum Gasteiger partial charge on any atom is 0.316 e. The van der Waals surface area contributed by atoms with Crippen molar-refractivity contribution in [2.45, 2.75) is 448 Å². The van der Waals surface area contributed by atoms with E-state index in [1.54, 1.807) is 202 Å². The second-order valence-electron chi connectivity index (χ2n) is 45.2. The van der Waals surface area contributed by atoms with Gasteiger partial charge in [0.1, 0.15) is 46.0 Å². The van der Waals surface area contributed by atoms with Crippen molar-refractivity contribution >= 4 is 65.5 Å². The van der Waals surface area contributed by atoms with E-state index >= 15 is 38.4 Å². The molecule has 19 heteroatoms. The molecular formula is C111H172O18S. The van der Waals surface area contributed by atoms with E-state index < -0.39 is 121 Å². The van der Waals surface area contributed by atoms with E-state index in [1.807, 2.05) is 24.3 Å². The maximum atomic E-state index is 15.4. The number of esters is 8. The Labute approximate surface area is 789 Å². The Morgan fingerprint density at radius 1 is 0.223 bits per heavy atom. The molecule has 0 aromatic heterocycles. The predicted molar refractivity (Wildman–Crippen MR) is 527 cm³/mol. The lowest BCUT2D eigenvalue weighted by Crippen LogP contribution is -2.29. The van der Waals surface area contributed by atoms with Gasteiger partial charge >= 0.3 is 53.7 Å². The Kier molecular flexibility index (Phi) is 45.5. The summed E-state index contributed by atoms with van der Waals surface area (Å²) in [7, 11) is 0. The molecule has 1 aliphatic carbocycles. The molecule has 4 aromatic rings. The third kappa shape index (κ3) is 37.4. The highest BCUT2D eigenvalue weighted by Crippen LogP contribution is 2.56. The molecule has 0 heterocycles. The number of unbranched alkanes of at least 4 members (excludes halogenated alkanes) is 28. The summed E-state index contributed by atoms with van der Waals surface area (Å²) in [5.74, 6) is -7.22. The van der Waals surface area contributed by atoms with E-state index in [0.29, 0.717) is 102 Å². The molecule has 0 aliphatic heterocycles. The van der Waals surface area contributed by atoms with Gasteiger partial charge in [-0.05, 0) is 228 Å². The van der Waals surface area contributed by atoms with Gasteiger partial charge in [0, 0.05) is 98.2 Å². The molecule has 0 spiro atoms. The normalized spacial score (nSPS) is 15.2. The Balaban J connectivity index is 2.40. The molecule has 5 rings (SSSR count). The first-order chi connectivity index (χ1) is 60.6. The van der Waals surface area contributed by atoms with E-state index in [0.717, 1.165) is 186 Å². The molecule has 18 nitrogen and oxygen atoms in total. The van der Waals surface area contributed by atoms with Gasteiger partial charge in [-0.3, -0.25) is 43.2 Å². The highest BCUT2D eigenvalue weighted by atomic mass is 32.2. The zero-order valence-corrected chi connectivity index (χ0v) is 86.6. The van der Waals surface area contributed by atoms with Gasteiger partial charge in [-0.15, -0.1) is 0 Å². The lowest BCUT2D eigenvalue weighted by molar-refractivity contribution is -0.144. The summed E-state index contributed by atoms with van der Waals surface area (Å²) in [4.78, 5) is 135. The molecule has 0 radical (unpaired) electrons. The maximum absolute atomic E-state index is 15.4. The van der Waals surface area contributed by atoms with Crippen molar-refractivity contribution in [2.75, 3.05) is 11.5 Å². The second-order valence-corrected chi connectivity index (χ2v) is 46.4. The third-order valence-corrected chi connectivity index (χ3v) is 25.2. The molecule has 130 heavy (non-hydrogen) atoms. The van der Waals surface area contributed by atoms with Crippen LogP contribution in [0.15, 0.2) is 48.5 Å². The summed E-state index contributed by atoms with van der Waals surface area (Å²) >= 11 is 1.67. The number of ether oxygens (including phenoxy) is 8. The van der Waals surface area contributed by atoms with E-state index in [2.05, 4.69) is 20.8 Å². The molecule has 0 saturated heterocycles. The minimum Gasteiger partial charge on any atom is -0.481 e. The Morgan fingerprint density at radius 3 is 0.515 bits per heavy atom. The zero-order chi connectivity index (χ0) is 97.3. The van der Waals surface area contributed by atoms with Gasteiger partial charge in [0.05, 0.1) is 49.7 Å². The molecule has 2 atom stereocenters. The van der Waals surface area contributed by atoms with Crippen LogP contribution in [0.1, 0.15) is 493 Å². The molecule has 4 aromatic carbocycles. The minimum atomic E-state index is -1.12. The largest absolute Gasteiger partial charge is 0.481 e. The third-order valence-electron chi connectivity index (χ3n) is 24.1. The Hall–Kier alpha value is -7.54. The van der Waals surface area contributed by atoms with E-state index in [9.17, 15) is 9.90 Å². The van der Waals surface area contributed by atoms with Crippen LogP contribution in [0.25, 0.3) is 0 Å². The first-order valence-electron chi connectivity index (χ1n) is 49.9. The van der Waals surface area contributed by atoms with Crippen LogP contribution in [-0.2, 0) is 43.2 Å². The number of carboxylic acid groups (broad SMARTS) is 1. The number of rotatable bonds is 49. The second kappa shape index (κ2) is 52.4. The lowest BCUT2D eigenvalue weighted by Gasteiger charge is -2.33. The van der Waals surface area contributed by atoms with Gasteiger partial charge in [0.25, 0.3) is 0 Å². The van der Waals surface area contributed by atoms with Gasteiger partial charge in [-0.25, -0.2) is 0 Å². The average molecular weight is 1830 g/mol. The Morgan fingerprint density at radius 2 is 0.369 bits per heavy atom. The summed E-state index contributed by atoms with van der Waals surface area (Å²) in [5.41, 5.74) is -5.23. The summed E-state index contributed by atoms with van der Waals surface area (Å²) in [6.07, 6.45) is 31.4. The zero-order valence-electron chi connectivity index (χ0n) is 85.8. The van der Waals surface area contributed by atoms with Gasteiger partial charge in [0.2, 0.25) is 0 Å². The number of thioether (sulfide) groups is 1. The van der Waals surface area contributed by atoms with Gasteiger partial charge in [-0.1, -0.05) is 220 Å². The number of carbonyl (C=O) groups is 9. The quantitative estimate of drug-likeness (QED) is 0.0245. The van der Waals surface area contributed by atoms with Crippen LogP contribution in [0, 0.1) is 43.3 Å². The van der Waals surface area contributed by atoms with Crippen LogP contribution in [0.4, 0.5) is 0 Å². The van der Waals surface area contributed by atoms with Crippen LogP contribution >= 0.6 is 11.8 Å². The van der Waals surface area contributed by atoms with Crippen molar-refractivity contribution in [2.24, 2.45) is 43.3 Å². The summed E-state index contributed by atoms with van der Waals surface area (Å²) in [5, 5.41) is 9.26. The lowest BCUT2D eigenvalue weighted by atomic mass is 9.76. The van der Waals surface area contributed by atoms with E-state index in [-0.39, 0.29) is 52.4 Å². The van der Waals surface area contributed by atoms with Crippen LogP contribution in [0.3, 0.4) is 0 Å². The molecule has 8 bridgehead atoms. The SMILES string of the molecule is CCCCCCCCCCC1c2cc(c(OC(=O)C(C)(C)C)cc2OC(=O)C(C)(C)C)C(CCCCCCCCCC)c2cc(c(OC(=O)C(C)(C)C)cc2OC(=O)C(C)(C)C)C(CCCCCCCCCCSCCC(=O)O)c2cc(c(OC(=O)C(C)(C)C)cc2OC(=O)C(C)(C)C)C(CCCCCCCCCC)c2cc1c(OC(=O)C(C)(C)C)cc2OC(=O)C(C)(C)C. The molecule has 2 unspecified atom stereocenters. The van der Waals surface area contributed by atoms with Crippen LogP contribution < -0.4 is 37.9 Å². The van der Waals surface area contributed by atoms with Gasteiger partial charge in [-0.2, -0.15) is 11.8 Å². The predicted octanol–water partition coefficient (Wildman–Crippen LogP) is 30.5. The van der Waals surface area contributed by atoms with Crippen LogP contribution in [0.5, 0.6) is 46.0 Å². The number of carboxylic acids is 1. The first kappa shape index (κ1) is 113. The highest BCUT2D eigenvalue weighted by Gasteiger charge is 2.42. The summed E-state index contributed by atoms with van der Waals surface area (Å²) in [6, 6.07) is 14.6. The van der Waals surface area contributed by atoms with Crippen molar-refractivity contribution in [1.29, 1.82) is 0 Å². The summed E-state index contributed by atoms with van der Waals surface area (Å²) < 4.78 is 55.9. The van der Waals surface area contributed by atoms with Crippen LogP contribution in [0.2, 0.25) is 0 Å². The van der Waals surface area contributed by atoms with Gasteiger partial charge in [0.15, 0.2) is 0 Å². The molecule has 0 saturated carbocycles. The van der Waals surface area contributed by atoms with Crippen molar-refractivity contribution < 1.29 is 86.2 Å². The fourth-order valence-electron chi connectivity index (χ4n) is 15.5. The number of hydrogen-bond acceptors (Lipinski definition) is 18. The highest BCUT2D eigenvalue weighted by molar-refractivity contribution is 7.99. The molecular weight excluding hydrogens is 1650 g/mol. The van der Waals surface area contributed by atoms with Gasteiger partial charge < -0.3 is 43.0 Å². The van der Waals surface area contributed by atoms with Crippen LogP contribution in [-0.4, -0.2) is 70.3 Å². The van der Waals surface area contributed by atoms with Crippen molar-refractivity contribution in [1.82, 2.24) is 0 Å². The van der Waals surface area contributed by atoms with Crippen molar-refractivity contribution in [3.8, 4) is 46.0 Å². The number of carbonyl (C=O) groups excluding carboxylic acids is 8. The minimum absolute atomic E-state index is 0.0585. The topological polar surface area (TPSA) is 248 Å². The number of fused-ring (bicyclic) bond motifs is 8. The number of hydrogen-bond donors (Lipinski definition) is 1. The average Bonchev–Trinajstić information content (AvgIpc) is 0.739. The number of benzene rings is 4. The van der Waals surface area contributed by atoms with E-state index in [1.165, 1.54) is 0 Å². The molecule has 1 aliphatic rings. The smallest absolute Gasteiger partial charge is 0.316 e. The molecule has 730 valence electrons.